The van der Waals surface area contributed by atoms with Gasteiger partial charge < -0.3 is 15.0 Å². The number of ether oxygens (including phenoxy) is 1. The van der Waals surface area contributed by atoms with Gasteiger partial charge in [0, 0.05) is 31.4 Å². The van der Waals surface area contributed by atoms with Crippen LogP contribution in [0.2, 0.25) is 0 Å². The van der Waals surface area contributed by atoms with Gasteiger partial charge in [-0.25, -0.2) is 9.97 Å². The van der Waals surface area contributed by atoms with E-state index < -0.39 is 0 Å². The summed E-state index contributed by atoms with van der Waals surface area (Å²) in [7, 11) is 1.61. The number of amides is 1. The molecule has 0 atom stereocenters. The van der Waals surface area contributed by atoms with Crippen LogP contribution in [0.1, 0.15) is 28.5 Å². The summed E-state index contributed by atoms with van der Waals surface area (Å²) < 4.78 is 5.32. The van der Waals surface area contributed by atoms with Crippen LogP contribution >= 0.6 is 0 Å². The van der Waals surface area contributed by atoms with Crippen LogP contribution in [0, 0.1) is 0 Å². The van der Waals surface area contributed by atoms with Gasteiger partial charge in [0.1, 0.15) is 11.4 Å². The highest BCUT2D eigenvalue weighted by atomic mass is 16.5. The van der Waals surface area contributed by atoms with Crippen LogP contribution < -0.4 is 15.0 Å². The number of methoxy groups -OCH3 is 1. The lowest BCUT2D eigenvalue weighted by molar-refractivity contribution is 0.0945. The molecule has 0 saturated carbocycles. The first-order valence-electron chi connectivity index (χ1n) is 9.23. The number of carbonyl (C=O) groups excluding carboxylic acids is 1. The van der Waals surface area contributed by atoms with Gasteiger partial charge in [0.05, 0.1) is 7.11 Å². The van der Waals surface area contributed by atoms with E-state index in [1.165, 1.54) is 5.56 Å². The summed E-state index contributed by atoms with van der Waals surface area (Å²) in [5.41, 5.74) is 2.41. The van der Waals surface area contributed by atoms with Gasteiger partial charge in [-0.05, 0) is 24.6 Å². The zero-order valence-corrected chi connectivity index (χ0v) is 16.1. The van der Waals surface area contributed by atoms with Crippen LogP contribution in [-0.2, 0) is 13.1 Å². The summed E-state index contributed by atoms with van der Waals surface area (Å²) >= 11 is 0. The van der Waals surface area contributed by atoms with Crippen molar-refractivity contribution < 1.29 is 9.53 Å². The lowest BCUT2D eigenvalue weighted by Gasteiger charge is -2.21. The Morgan fingerprint density at radius 2 is 1.82 bits per heavy atom. The fourth-order valence-corrected chi connectivity index (χ4v) is 2.87. The first-order chi connectivity index (χ1) is 13.7. The van der Waals surface area contributed by atoms with E-state index in [2.05, 4.69) is 27.4 Å². The predicted molar refractivity (Wildman–Crippen MR) is 109 cm³/mol. The largest absolute Gasteiger partial charge is 0.496 e. The molecule has 0 unspecified atom stereocenters. The van der Waals surface area contributed by atoms with E-state index in [9.17, 15) is 4.79 Å². The second kappa shape index (κ2) is 9.50. The van der Waals surface area contributed by atoms with E-state index in [-0.39, 0.29) is 5.91 Å². The molecule has 6 heteroatoms. The topological polar surface area (TPSA) is 67.4 Å². The minimum atomic E-state index is -0.245. The summed E-state index contributed by atoms with van der Waals surface area (Å²) in [5.74, 6) is 1.04. The number of hydrogen-bond donors (Lipinski definition) is 1. The van der Waals surface area contributed by atoms with Crippen molar-refractivity contribution in [3.05, 3.63) is 83.7 Å². The van der Waals surface area contributed by atoms with Gasteiger partial charge in [-0.15, -0.1) is 0 Å². The van der Waals surface area contributed by atoms with Crippen molar-refractivity contribution in [1.29, 1.82) is 0 Å². The second-order valence-corrected chi connectivity index (χ2v) is 6.24. The Morgan fingerprint density at radius 1 is 1.07 bits per heavy atom. The zero-order chi connectivity index (χ0) is 19.8. The summed E-state index contributed by atoms with van der Waals surface area (Å²) in [6.07, 6.45) is 1.62. The maximum atomic E-state index is 12.6. The van der Waals surface area contributed by atoms with Crippen LogP contribution in [0.5, 0.6) is 5.75 Å². The highest BCUT2D eigenvalue weighted by Gasteiger charge is 2.13. The molecule has 0 bridgehead atoms. The summed E-state index contributed by atoms with van der Waals surface area (Å²) in [5, 5.41) is 2.90. The number of hydrogen-bond acceptors (Lipinski definition) is 5. The summed E-state index contributed by atoms with van der Waals surface area (Å²) in [4.78, 5) is 23.4. The molecule has 1 N–H and O–H groups in total. The molecule has 0 saturated heterocycles. The van der Waals surface area contributed by atoms with Crippen LogP contribution in [0.4, 0.5) is 5.95 Å². The molecule has 0 fully saturated rings. The Morgan fingerprint density at radius 3 is 2.57 bits per heavy atom. The minimum absolute atomic E-state index is 0.245. The molecule has 3 aromatic rings. The van der Waals surface area contributed by atoms with Gasteiger partial charge in [0.15, 0.2) is 0 Å². The van der Waals surface area contributed by atoms with Crippen molar-refractivity contribution in [2.24, 2.45) is 0 Å². The lowest BCUT2D eigenvalue weighted by Crippen LogP contribution is -2.27. The number of carbonyl (C=O) groups is 1. The predicted octanol–water partition coefficient (Wildman–Crippen LogP) is 3.44. The molecule has 144 valence electrons. The molecule has 2 aromatic carbocycles. The van der Waals surface area contributed by atoms with E-state index in [4.69, 9.17) is 4.74 Å². The third kappa shape index (κ3) is 4.85. The molecule has 1 heterocycles. The fraction of sp³-hybridized carbons (Fsp3) is 0.227. The maximum absolute atomic E-state index is 12.6. The van der Waals surface area contributed by atoms with Crippen LogP contribution in [0.3, 0.4) is 0 Å². The van der Waals surface area contributed by atoms with E-state index in [0.29, 0.717) is 24.7 Å². The Hall–Kier alpha value is -3.41. The van der Waals surface area contributed by atoms with E-state index in [1.54, 1.807) is 19.4 Å². The SMILES string of the molecule is CCN(Cc1ccccc1)c1nccc(C(=O)NCc2ccccc2OC)n1. The molecule has 0 aliphatic rings. The molecular weight excluding hydrogens is 352 g/mol. The van der Waals surface area contributed by atoms with Crippen LogP contribution in [-0.4, -0.2) is 29.5 Å². The number of benzene rings is 2. The maximum Gasteiger partial charge on any atom is 0.270 e. The average molecular weight is 376 g/mol. The molecule has 0 spiro atoms. The van der Waals surface area contributed by atoms with Gasteiger partial charge in [-0.3, -0.25) is 4.79 Å². The molecular formula is C22H24N4O2. The van der Waals surface area contributed by atoms with Gasteiger partial charge in [-0.1, -0.05) is 48.5 Å². The number of nitrogens with one attached hydrogen (secondary N) is 1. The van der Waals surface area contributed by atoms with Crippen LogP contribution in [0.25, 0.3) is 0 Å². The highest BCUT2D eigenvalue weighted by molar-refractivity contribution is 5.92. The van der Waals surface area contributed by atoms with Gasteiger partial charge in [0.25, 0.3) is 5.91 Å². The molecule has 3 rings (SSSR count). The molecule has 28 heavy (non-hydrogen) atoms. The molecule has 0 radical (unpaired) electrons. The van der Waals surface area contributed by atoms with Crippen molar-refractivity contribution in [2.75, 3.05) is 18.6 Å². The third-order valence-electron chi connectivity index (χ3n) is 4.39. The van der Waals surface area contributed by atoms with Crippen molar-refractivity contribution in [3.8, 4) is 5.75 Å². The van der Waals surface area contributed by atoms with Crippen molar-refractivity contribution in [2.45, 2.75) is 20.0 Å². The number of rotatable bonds is 8. The Labute approximate surface area is 165 Å². The first kappa shape index (κ1) is 19.4. The Balaban J connectivity index is 1.70. The standard InChI is InChI=1S/C22H24N4O2/c1-3-26(16-17-9-5-4-6-10-17)22-23-14-13-19(25-22)21(27)24-15-18-11-7-8-12-20(18)28-2/h4-14H,3,15-16H2,1-2H3,(H,24,27). The Kier molecular flexibility index (Phi) is 6.57. The monoisotopic (exact) mass is 376 g/mol. The zero-order valence-electron chi connectivity index (χ0n) is 16.1. The summed E-state index contributed by atoms with van der Waals surface area (Å²) in [6.45, 7) is 3.83. The number of aromatic nitrogens is 2. The number of para-hydroxylation sites is 1. The molecule has 0 aliphatic carbocycles. The molecule has 0 aliphatic heterocycles. The average Bonchev–Trinajstić information content (AvgIpc) is 2.76. The third-order valence-corrected chi connectivity index (χ3v) is 4.39. The number of nitrogens with zero attached hydrogens (tertiary/aromatic N) is 3. The highest BCUT2D eigenvalue weighted by Crippen LogP contribution is 2.17. The van der Waals surface area contributed by atoms with Crippen molar-refractivity contribution >= 4 is 11.9 Å². The number of anilines is 1. The second-order valence-electron chi connectivity index (χ2n) is 6.24. The quantitative estimate of drug-likeness (QED) is 0.652. The minimum Gasteiger partial charge on any atom is -0.496 e. The van der Waals surface area contributed by atoms with Crippen molar-refractivity contribution in [1.82, 2.24) is 15.3 Å². The molecule has 1 amide bonds. The molecule has 1 aromatic heterocycles. The summed E-state index contributed by atoms with van der Waals surface area (Å²) in [6, 6.07) is 19.3. The first-order valence-corrected chi connectivity index (χ1v) is 9.23. The van der Waals surface area contributed by atoms with E-state index >= 15 is 0 Å². The van der Waals surface area contributed by atoms with Crippen LogP contribution in [0.15, 0.2) is 66.9 Å². The lowest BCUT2D eigenvalue weighted by atomic mass is 10.2. The fourth-order valence-electron chi connectivity index (χ4n) is 2.87. The molecule has 6 nitrogen and oxygen atoms in total. The normalized spacial score (nSPS) is 10.4. The van der Waals surface area contributed by atoms with Gasteiger partial charge in [-0.2, -0.15) is 0 Å². The van der Waals surface area contributed by atoms with Gasteiger partial charge >= 0.3 is 0 Å². The van der Waals surface area contributed by atoms with E-state index in [1.807, 2.05) is 54.3 Å². The Bertz CT molecular complexity index is 915. The van der Waals surface area contributed by atoms with Gasteiger partial charge in [0.2, 0.25) is 5.95 Å². The smallest absolute Gasteiger partial charge is 0.270 e. The van der Waals surface area contributed by atoms with Crippen molar-refractivity contribution in [3.63, 3.8) is 0 Å². The van der Waals surface area contributed by atoms with E-state index in [0.717, 1.165) is 17.9 Å².